The largest absolute Gasteiger partial charge is 0.493 e. The lowest BCUT2D eigenvalue weighted by molar-refractivity contribution is -0.0406. The van der Waals surface area contributed by atoms with Gasteiger partial charge in [0.25, 0.3) is 5.91 Å². The summed E-state index contributed by atoms with van der Waals surface area (Å²) in [4.78, 5) is 14.7. The average molecular weight is 417 g/mol. The number of morpholine rings is 1. The maximum atomic E-state index is 13.0. The maximum Gasteiger partial charge on any atom is 0.254 e. The lowest BCUT2D eigenvalue weighted by Gasteiger charge is -2.33. The van der Waals surface area contributed by atoms with E-state index >= 15 is 0 Å². The summed E-state index contributed by atoms with van der Waals surface area (Å²) >= 11 is 0. The molecule has 1 saturated heterocycles. The molecule has 0 N–H and O–H groups in total. The molecule has 0 aromatic heterocycles. The minimum atomic E-state index is -0.280. The van der Waals surface area contributed by atoms with Crippen LogP contribution in [0.1, 0.15) is 10.4 Å². The van der Waals surface area contributed by atoms with Crippen molar-refractivity contribution in [3.8, 4) is 28.7 Å². The minimum absolute atomic E-state index is 0.0980. The van der Waals surface area contributed by atoms with Crippen LogP contribution < -0.4 is 23.7 Å². The van der Waals surface area contributed by atoms with Gasteiger partial charge in [-0.25, -0.2) is 0 Å². The molecule has 162 valence electrons. The van der Waals surface area contributed by atoms with E-state index in [9.17, 15) is 4.79 Å². The van der Waals surface area contributed by atoms with Gasteiger partial charge >= 0.3 is 0 Å². The molecule has 1 aliphatic heterocycles. The highest BCUT2D eigenvalue weighted by Crippen LogP contribution is 2.37. The zero-order chi connectivity index (χ0) is 21.5. The van der Waals surface area contributed by atoms with Crippen LogP contribution in [0.2, 0.25) is 0 Å². The zero-order valence-corrected chi connectivity index (χ0v) is 17.7. The quantitative estimate of drug-likeness (QED) is 0.654. The predicted octanol–water partition coefficient (Wildman–Crippen LogP) is 2.64. The van der Waals surface area contributed by atoms with E-state index in [-0.39, 0.29) is 18.6 Å². The minimum Gasteiger partial charge on any atom is -0.493 e. The van der Waals surface area contributed by atoms with Crippen molar-refractivity contribution in [2.75, 3.05) is 54.7 Å². The summed E-state index contributed by atoms with van der Waals surface area (Å²) in [6.45, 7) is 1.59. The van der Waals surface area contributed by atoms with Crippen molar-refractivity contribution >= 4 is 5.91 Å². The fourth-order valence-electron chi connectivity index (χ4n) is 3.29. The normalized spacial score (nSPS) is 16.0. The predicted molar refractivity (Wildman–Crippen MR) is 110 cm³/mol. The molecular weight excluding hydrogens is 390 g/mol. The van der Waals surface area contributed by atoms with Crippen LogP contribution in [0.25, 0.3) is 0 Å². The Morgan fingerprint density at radius 3 is 2.27 bits per heavy atom. The Bertz CT molecular complexity index is 848. The second-order valence-electron chi connectivity index (χ2n) is 6.62. The Labute approximate surface area is 176 Å². The highest BCUT2D eigenvalue weighted by molar-refractivity contribution is 5.95. The van der Waals surface area contributed by atoms with E-state index in [1.165, 1.54) is 0 Å². The van der Waals surface area contributed by atoms with Gasteiger partial charge in [-0.3, -0.25) is 4.79 Å². The molecule has 0 spiro atoms. The Morgan fingerprint density at radius 2 is 1.63 bits per heavy atom. The molecule has 3 rings (SSSR count). The molecule has 1 heterocycles. The molecule has 1 unspecified atom stereocenters. The van der Waals surface area contributed by atoms with Crippen LogP contribution in [0, 0.1) is 0 Å². The summed E-state index contributed by atoms with van der Waals surface area (Å²) < 4.78 is 33.0. The summed E-state index contributed by atoms with van der Waals surface area (Å²) in [7, 11) is 6.24. The topological polar surface area (TPSA) is 75.7 Å². The lowest BCUT2D eigenvalue weighted by Crippen LogP contribution is -2.47. The molecule has 1 amide bonds. The molecule has 1 fully saturated rings. The van der Waals surface area contributed by atoms with E-state index in [2.05, 4.69) is 0 Å². The van der Waals surface area contributed by atoms with Crippen LogP contribution in [0.3, 0.4) is 0 Å². The zero-order valence-electron chi connectivity index (χ0n) is 17.7. The number of hydrogen-bond acceptors (Lipinski definition) is 7. The number of amides is 1. The lowest BCUT2D eigenvalue weighted by atomic mass is 10.1. The fraction of sp³-hybridized carbons (Fsp3) is 0.409. The number of methoxy groups -OCH3 is 4. The SMILES string of the molecule is COc1ccc(C(=O)N2CCOC(COc3c(OC)cccc3OC)C2)cc1OC. The first-order chi connectivity index (χ1) is 14.6. The second kappa shape index (κ2) is 10.1. The summed E-state index contributed by atoms with van der Waals surface area (Å²) in [5.74, 6) is 2.65. The van der Waals surface area contributed by atoms with Gasteiger partial charge < -0.3 is 33.3 Å². The monoisotopic (exact) mass is 417 g/mol. The molecule has 0 bridgehead atoms. The smallest absolute Gasteiger partial charge is 0.254 e. The molecule has 0 saturated carbocycles. The Hall–Kier alpha value is -3.13. The van der Waals surface area contributed by atoms with Crippen LogP contribution in [-0.2, 0) is 4.74 Å². The molecule has 2 aromatic carbocycles. The summed E-state index contributed by atoms with van der Waals surface area (Å²) in [5, 5.41) is 0. The van der Waals surface area contributed by atoms with E-state index in [0.717, 1.165) is 0 Å². The standard InChI is InChI=1S/C22H27NO7/c1-25-17-9-8-15(12-20(17)28-4)22(24)23-10-11-29-16(13-23)14-30-21-18(26-2)6-5-7-19(21)27-3/h5-9,12,16H,10-11,13-14H2,1-4H3. The number of ether oxygens (including phenoxy) is 6. The number of hydrogen-bond donors (Lipinski definition) is 0. The Balaban J connectivity index is 1.67. The third-order valence-electron chi connectivity index (χ3n) is 4.85. The highest BCUT2D eigenvalue weighted by atomic mass is 16.6. The van der Waals surface area contributed by atoms with E-state index in [0.29, 0.717) is 54.0 Å². The number of rotatable bonds is 8. The third kappa shape index (κ3) is 4.71. The van der Waals surface area contributed by atoms with Gasteiger partial charge in [0.05, 0.1) is 41.6 Å². The van der Waals surface area contributed by atoms with Crippen molar-refractivity contribution in [3.63, 3.8) is 0 Å². The first kappa shape index (κ1) is 21.6. The van der Waals surface area contributed by atoms with Gasteiger partial charge in [0.2, 0.25) is 5.75 Å². The number of carbonyl (C=O) groups is 1. The number of carbonyl (C=O) groups excluding carboxylic acids is 1. The summed E-state index contributed by atoms with van der Waals surface area (Å²) in [6, 6.07) is 10.6. The molecule has 2 aromatic rings. The van der Waals surface area contributed by atoms with Crippen LogP contribution in [-0.4, -0.2) is 71.7 Å². The third-order valence-corrected chi connectivity index (χ3v) is 4.85. The Kier molecular flexibility index (Phi) is 7.24. The molecule has 30 heavy (non-hydrogen) atoms. The highest BCUT2D eigenvalue weighted by Gasteiger charge is 2.27. The van der Waals surface area contributed by atoms with Gasteiger partial charge in [-0.15, -0.1) is 0 Å². The van der Waals surface area contributed by atoms with E-state index in [1.54, 1.807) is 63.7 Å². The van der Waals surface area contributed by atoms with Crippen LogP contribution in [0.15, 0.2) is 36.4 Å². The molecule has 1 aliphatic rings. The van der Waals surface area contributed by atoms with Crippen LogP contribution in [0.4, 0.5) is 0 Å². The van der Waals surface area contributed by atoms with Gasteiger partial charge in [0.15, 0.2) is 23.0 Å². The van der Waals surface area contributed by atoms with Gasteiger partial charge in [0, 0.05) is 12.1 Å². The number of nitrogens with zero attached hydrogens (tertiary/aromatic N) is 1. The molecule has 0 aliphatic carbocycles. The first-order valence-electron chi connectivity index (χ1n) is 9.58. The summed E-state index contributed by atoms with van der Waals surface area (Å²) in [6.07, 6.45) is -0.280. The van der Waals surface area contributed by atoms with E-state index in [4.69, 9.17) is 28.4 Å². The Morgan fingerprint density at radius 1 is 0.967 bits per heavy atom. The van der Waals surface area contributed by atoms with Crippen molar-refractivity contribution in [1.29, 1.82) is 0 Å². The van der Waals surface area contributed by atoms with Crippen LogP contribution in [0.5, 0.6) is 28.7 Å². The summed E-state index contributed by atoms with van der Waals surface area (Å²) in [5.41, 5.74) is 0.528. The molecule has 8 nitrogen and oxygen atoms in total. The van der Waals surface area contributed by atoms with Crippen molar-refractivity contribution in [3.05, 3.63) is 42.0 Å². The molecule has 0 radical (unpaired) electrons. The first-order valence-corrected chi connectivity index (χ1v) is 9.58. The van der Waals surface area contributed by atoms with Gasteiger partial charge in [0.1, 0.15) is 12.7 Å². The van der Waals surface area contributed by atoms with Crippen molar-refractivity contribution in [1.82, 2.24) is 4.90 Å². The van der Waals surface area contributed by atoms with Crippen molar-refractivity contribution in [2.45, 2.75) is 6.10 Å². The second-order valence-corrected chi connectivity index (χ2v) is 6.62. The molecular formula is C22H27NO7. The average Bonchev–Trinajstić information content (AvgIpc) is 2.81. The van der Waals surface area contributed by atoms with E-state index < -0.39 is 0 Å². The van der Waals surface area contributed by atoms with Crippen molar-refractivity contribution < 1.29 is 33.2 Å². The van der Waals surface area contributed by atoms with Gasteiger partial charge in [-0.1, -0.05) is 6.07 Å². The van der Waals surface area contributed by atoms with E-state index in [1.807, 2.05) is 6.07 Å². The number of benzene rings is 2. The molecule has 8 heteroatoms. The van der Waals surface area contributed by atoms with Gasteiger partial charge in [-0.2, -0.15) is 0 Å². The van der Waals surface area contributed by atoms with Gasteiger partial charge in [-0.05, 0) is 30.3 Å². The molecule has 1 atom stereocenters. The van der Waals surface area contributed by atoms with Crippen LogP contribution >= 0.6 is 0 Å². The number of para-hydroxylation sites is 1. The maximum absolute atomic E-state index is 13.0. The fourth-order valence-corrected chi connectivity index (χ4v) is 3.29. The van der Waals surface area contributed by atoms with Crippen molar-refractivity contribution in [2.24, 2.45) is 0 Å².